The van der Waals surface area contributed by atoms with Crippen LogP contribution in [-0.2, 0) is 14.8 Å². The average molecular weight is 364 g/mol. The van der Waals surface area contributed by atoms with Crippen LogP contribution >= 0.6 is 11.8 Å². The molecule has 0 heterocycles. The second kappa shape index (κ2) is 8.32. The average Bonchev–Trinajstić information content (AvgIpc) is 2.53. The van der Waals surface area contributed by atoms with E-state index in [1.165, 1.54) is 23.9 Å². The van der Waals surface area contributed by atoms with Crippen molar-refractivity contribution in [2.24, 2.45) is 0 Å². The fraction of sp³-hybridized carbons (Fsp3) is 0.235. The van der Waals surface area contributed by atoms with Crippen molar-refractivity contribution in [3.8, 4) is 0 Å². The minimum absolute atomic E-state index is 0.139. The zero-order valence-corrected chi connectivity index (χ0v) is 15.2. The number of hydrogen-bond donors (Lipinski definition) is 2. The number of benzene rings is 2. The van der Waals surface area contributed by atoms with Crippen molar-refractivity contribution in [3.05, 3.63) is 54.6 Å². The van der Waals surface area contributed by atoms with Crippen molar-refractivity contribution in [2.75, 3.05) is 11.1 Å². The molecule has 0 spiro atoms. The van der Waals surface area contributed by atoms with E-state index >= 15 is 0 Å². The molecule has 0 aliphatic heterocycles. The molecule has 128 valence electrons. The Bertz CT molecular complexity index is 773. The van der Waals surface area contributed by atoms with Gasteiger partial charge in [-0.2, -0.15) is 0 Å². The summed E-state index contributed by atoms with van der Waals surface area (Å²) in [5.74, 6) is 0.152. The molecule has 0 fully saturated rings. The molecule has 0 aromatic heterocycles. The Kier molecular flexibility index (Phi) is 6.42. The Morgan fingerprint density at radius 2 is 1.67 bits per heavy atom. The normalized spacial score (nSPS) is 11.5. The van der Waals surface area contributed by atoms with Crippen LogP contribution in [0.15, 0.2) is 64.4 Å². The largest absolute Gasteiger partial charge is 0.325 e. The molecule has 1 amide bonds. The molecule has 0 aliphatic rings. The van der Waals surface area contributed by atoms with E-state index in [0.717, 1.165) is 4.90 Å². The highest BCUT2D eigenvalue weighted by atomic mass is 32.2. The first kappa shape index (κ1) is 18.5. The molecule has 0 saturated carbocycles. The zero-order chi connectivity index (χ0) is 17.6. The highest BCUT2D eigenvalue weighted by Gasteiger charge is 2.15. The summed E-state index contributed by atoms with van der Waals surface area (Å²) in [5, 5.41) is 2.76. The van der Waals surface area contributed by atoms with Gasteiger partial charge in [0.1, 0.15) is 0 Å². The lowest BCUT2D eigenvalue weighted by Crippen LogP contribution is -2.30. The zero-order valence-electron chi connectivity index (χ0n) is 13.5. The molecule has 24 heavy (non-hydrogen) atoms. The maximum Gasteiger partial charge on any atom is 0.240 e. The second-order valence-corrected chi connectivity index (χ2v) is 8.21. The van der Waals surface area contributed by atoms with Crippen LogP contribution in [0, 0.1) is 0 Å². The van der Waals surface area contributed by atoms with Crippen molar-refractivity contribution in [2.45, 2.75) is 29.7 Å². The number of hydrogen-bond acceptors (Lipinski definition) is 4. The number of carbonyl (C=O) groups is 1. The summed E-state index contributed by atoms with van der Waals surface area (Å²) in [6.45, 7) is 3.52. The van der Waals surface area contributed by atoms with E-state index in [1.54, 1.807) is 26.0 Å². The summed E-state index contributed by atoms with van der Waals surface area (Å²) in [6.07, 6.45) is 0. The lowest BCUT2D eigenvalue weighted by atomic mass is 10.3. The molecule has 0 radical (unpaired) electrons. The topological polar surface area (TPSA) is 75.3 Å². The molecule has 2 N–H and O–H groups in total. The summed E-state index contributed by atoms with van der Waals surface area (Å²) in [6, 6.07) is 15.6. The Labute approximate surface area is 146 Å². The molecule has 5 nitrogen and oxygen atoms in total. The quantitative estimate of drug-likeness (QED) is 0.740. The number of amides is 1. The van der Waals surface area contributed by atoms with Crippen LogP contribution in [0.2, 0.25) is 0 Å². The van der Waals surface area contributed by atoms with E-state index in [1.807, 2.05) is 30.3 Å². The molecule has 0 aliphatic carbocycles. The highest BCUT2D eigenvalue weighted by molar-refractivity contribution is 8.00. The van der Waals surface area contributed by atoms with E-state index in [9.17, 15) is 13.2 Å². The van der Waals surface area contributed by atoms with Crippen LogP contribution < -0.4 is 10.0 Å². The minimum Gasteiger partial charge on any atom is -0.325 e. The van der Waals surface area contributed by atoms with Crippen LogP contribution in [0.5, 0.6) is 0 Å². The van der Waals surface area contributed by atoms with Gasteiger partial charge < -0.3 is 5.32 Å². The monoisotopic (exact) mass is 364 g/mol. The fourth-order valence-electron chi connectivity index (χ4n) is 1.96. The lowest BCUT2D eigenvalue weighted by Gasteiger charge is -2.10. The van der Waals surface area contributed by atoms with Gasteiger partial charge in [0, 0.05) is 16.6 Å². The van der Waals surface area contributed by atoms with Gasteiger partial charge in [-0.3, -0.25) is 4.79 Å². The predicted octanol–water partition coefficient (Wildman–Crippen LogP) is 3.10. The van der Waals surface area contributed by atoms with Crippen molar-refractivity contribution < 1.29 is 13.2 Å². The Morgan fingerprint density at radius 3 is 2.25 bits per heavy atom. The Balaban J connectivity index is 1.92. The molecule has 2 aromatic carbocycles. The first-order valence-electron chi connectivity index (χ1n) is 7.47. The van der Waals surface area contributed by atoms with Crippen LogP contribution in [0.3, 0.4) is 0 Å². The summed E-state index contributed by atoms with van der Waals surface area (Å²) in [7, 11) is -3.52. The summed E-state index contributed by atoms with van der Waals surface area (Å²) < 4.78 is 26.6. The number of nitrogens with one attached hydrogen (secondary N) is 2. The maximum absolute atomic E-state index is 12.0. The number of rotatable bonds is 7. The first-order chi connectivity index (χ1) is 11.4. The number of carbonyl (C=O) groups excluding carboxylic acids is 1. The van der Waals surface area contributed by atoms with Gasteiger partial charge in [0.15, 0.2) is 0 Å². The van der Waals surface area contributed by atoms with Crippen molar-refractivity contribution in [1.82, 2.24) is 4.72 Å². The van der Waals surface area contributed by atoms with Gasteiger partial charge in [-0.15, -0.1) is 11.8 Å². The minimum atomic E-state index is -3.52. The van der Waals surface area contributed by atoms with Crippen molar-refractivity contribution in [3.63, 3.8) is 0 Å². The van der Waals surface area contributed by atoms with Gasteiger partial charge in [-0.25, -0.2) is 13.1 Å². The van der Waals surface area contributed by atoms with Gasteiger partial charge in [0.25, 0.3) is 0 Å². The maximum atomic E-state index is 12.0. The second-order valence-electron chi connectivity index (χ2n) is 5.45. The first-order valence-corrected chi connectivity index (χ1v) is 9.94. The molecule has 2 rings (SSSR count). The lowest BCUT2D eigenvalue weighted by molar-refractivity contribution is -0.113. The standard InChI is InChI=1S/C17H20N2O3S2/c1-13(2)19-24(21,22)16-10-8-14(9-11-16)18-17(20)12-23-15-6-4-3-5-7-15/h3-11,13,19H,12H2,1-2H3,(H,18,20). The van der Waals surface area contributed by atoms with E-state index in [2.05, 4.69) is 10.0 Å². The summed E-state index contributed by atoms with van der Waals surface area (Å²) >= 11 is 1.44. The van der Waals surface area contributed by atoms with Crippen molar-refractivity contribution in [1.29, 1.82) is 0 Å². The number of sulfonamides is 1. The number of anilines is 1. The van der Waals surface area contributed by atoms with Gasteiger partial charge in [0.05, 0.1) is 10.6 Å². The molecule has 0 saturated heterocycles. The van der Waals surface area contributed by atoms with Crippen LogP contribution in [0.1, 0.15) is 13.8 Å². The molecular weight excluding hydrogens is 344 g/mol. The van der Waals surface area contributed by atoms with Gasteiger partial charge in [-0.05, 0) is 50.2 Å². The molecule has 7 heteroatoms. The Hall–Kier alpha value is -1.83. The smallest absolute Gasteiger partial charge is 0.240 e. The van der Waals surface area contributed by atoms with Gasteiger partial charge in [-0.1, -0.05) is 18.2 Å². The SMILES string of the molecule is CC(C)NS(=O)(=O)c1ccc(NC(=O)CSc2ccccc2)cc1. The van der Waals surface area contributed by atoms with Crippen LogP contribution in [0.25, 0.3) is 0 Å². The van der Waals surface area contributed by atoms with Gasteiger partial charge >= 0.3 is 0 Å². The van der Waals surface area contributed by atoms with Gasteiger partial charge in [0.2, 0.25) is 15.9 Å². The summed E-state index contributed by atoms with van der Waals surface area (Å²) in [5.41, 5.74) is 0.567. The van der Waals surface area contributed by atoms with E-state index < -0.39 is 10.0 Å². The van der Waals surface area contributed by atoms with Crippen LogP contribution in [-0.4, -0.2) is 26.1 Å². The fourth-order valence-corrected chi connectivity index (χ4v) is 3.93. The highest BCUT2D eigenvalue weighted by Crippen LogP contribution is 2.18. The van der Waals surface area contributed by atoms with E-state index in [-0.39, 0.29) is 16.8 Å². The molecule has 0 atom stereocenters. The molecule has 0 bridgehead atoms. The third-order valence-electron chi connectivity index (χ3n) is 2.95. The van der Waals surface area contributed by atoms with Crippen LogP contribution in [0.4, 0.5) is 5.69 Å². The molecule has 0 unspecified atom stereocenters. The third-order valence-corrected chi connectivity index (χ3v) is 5.64. The van der Waals surface area contributed by atoms with E-state index in [4.69, 9.17) is 0 Å². The summed E-state index contributed by atoms with van der Waals surface area (Å²) in [4.78, 5) is 13.1. The van der Waals surface area contributed by atoms with Crippen molar-refractivity contribution >= 4 is 33.4 Å². The third kappa shape index (κ3) is 5.67. The Morgan fingerprint density at radius 1 is 1.04 bits per heavy atom. The molecule has 2 aromatic rings. The van der Waals surface area contributed by atoms with E-state index in [0.29, 0.717) is 11.4 Å². The molecular formula is C17H20N2O3S2. The number of thioether (sulfide) groups is 1. The predicted molar refractivity (Wildman–Crippen MR) is 97.7 cm³/mol.